The largest absolute Gasteiger partial charge is 0.482 e. The molecule has 142 valence electrons. The summed E-state index contributed by atoms with van der Waals surface area (Å²) in [5.74, 6) is 0.693. The molecule has 2 heterocycles. The molecule has 0 saturated heterocycles. The zero-order valence-electron chi connectivity index (χ0n) is 14.9. The summed E-state index contributed by atoms with van der Waals surface area (Å²) >= 11 is 5.90. The smallest absolute Gasteiger partial charge is 0.275 e. The van der Waals surface area contributed by atoms with Crippen LogP contribution in [-0.4, -0.2) is 38.9 Å². The highest BCUT2D eigenvalue weighted by molar-refractivity contribution is 6.32. The lowest BCUT2D eigenvalue weighted by Crippen LogP contribution is -2.30. The number of ether oxygens (including phenoxy) is 1. The number of rotatable bonds is 7. The molecule has 3 rings (SSSR count). The van der Waals surface area contributed by atoms with E-state index in [1.807, 2.05) is 17.7 Å². The zero-order valence-corrected chi connectivity index (χ0v) is 15.6. The predicted molar refractivity (Wildman–Crippen MR) is 96.2 cm³/mol. The molecule has 27 heavy (non-hydrogen) atoms. The Balaban J connectivity index is 1.56. The van der Waals surface area contributed by atoms with E-state index in [-0.39, 0.29) is 29.1 Å². The summed E-state index contributed by atoms with van der Waals surface area (Å²) in [6, 6.07) is 3.81. The Bertz CT molecular complexity index is 940. The molecule has 0 bridgehead atoms. The molecular weight excluding hydrogens is 375 g/mol. The number of amides is 1. The van der Waals surface area contributed by atoms with Gasteiger partial charge in [-0.15, -0.1) is 0 Å². The van der Waals surface area contributed by atoms with Crippen LogP contribution in [0.2, 0.25) is 5.02 Å². The number of hydrogen-bond donors (Lipinski definition) is 0. The first-order valence-corrected chi connectivity index (χ1v) is 8.57. The summed E-state index contributed by atoms with van der Waals surface area (Å²) in [6.07, 6.45) is 4.86. The van der Waals surface area contributed by atoms with E-state index >= 15 is 0 Å². The summed E-state index contributed by atoms with van der Waals surface area (Å²) in [6.45, 7) is 3.00. The van der Waals surface area contributed by atoms with Gasteiger partial charge in [-0.3, -0.25) is 4.79 Å². The van der Waals surface area contributed by atoms with Crippen molar-refractivity contribution in [3.05, 3.63) is 65.1 Å². The number of likely N-dealkylation sites (N-methyl/N-ethyl adjacent to an activating group) is 1. The molecule has 0 aliphatic rings. The van der Waals surface area contributed by atoms with Crippen LogP contribution in [0.5, 0.6) is 5.75 Å². The van der Waals surface area contributed by atoms with E-state index < -0.39 is 5.82 Å². The van der Waals surface area contributed by atoms with Gasteiger partial charge >= 0.3 is 0 Å². The van der Waals surface area contributed by atoms with Crippen LogP contribution in [0.4, 0.5) is 4.39 Å². The van der Waals surface area contributed by atoms with E-state index in [2.05, 4.69) is 9.97 Å². The third-order valence-electron chi connectivity index (χ3n) is 3.96. The van der Waals surface area contributed by atoms with Gasteiger partial charge in [0.1, 0.15) is 23.7 Å². The summed E-state index contributed by atoms with van der Waals surface area (Å²) in [5, 5.41) is 0.146. The van der Waals surface area contributed by atoms with Gasteiger partial charge < -0.3 is 18.6 Å². The second-order valence-electron chi connectivity index (χ2n) is 5.88. The Kier molecular flexibility index (Phi) is 5.75. The number of nitrogens with zero attached hydrogens (tertiary/aromatic N) is 4. The molecule has 0 saturated carbocycles. The molecule has 0 radical (unpaired) electrons. The highest BCUT2D eigenvalue weighted by Gasteiger charge is 2.17. The first-order chi connectivity index (χ1) is 12.9. The highest BCUT2D eigenvalue weighted by atomic mass is 35.5. The lowest BCUT2D eigenvalue weighted by Gasteiger charge is -2.16. The summed E-state index contributed by atoms with van der Waals surface area (Å²) in [7, 11) is 1.69. The average molecular weight is 393 g/mol. The molecule has 0 fully saturated rings. The second kappa shape index (κ2) is 8.22. The van der Waals surface area contributed by atoms with Crippen molar-refractivity contribution in [2.24, 2.45) is 0 Å². The molecule has 0 N–H and O–H groups in total. The molecule has 1 aromatic carbocycles. The maximum atomic E-state index is 13.0. The van der Waals surface area contributed by atoms with Gasteiger partial charge in [-0.25, -0.2) is 14.4 Å². The Hall–Kier alpha value is -2.87. The Morgan fingerprint density at radius 2 is 2.26 bits per heavy atom. The van der Waals surface area contributed by atoms with Gasteiger partial charge in [0.25, 0.3) is 5.91 Å². The molecule has 0 spiro atoms. The molecule has 7 nitrogen and oxygen atoms in total. The van der Waals surface area contributed by atoms with Gasteiger partial charge in [-0.1, -0.05) is 11.6 Å². The number of carbonyl (C=O) groups excluding carboxylic acids is 1. The highest BCUT2D eigenvalue weighted by Crippen LogP contribution is 2.25. The van der Waals surface area contributed by atoms with Crippen molar-refractivity contribution in [1.29, 1.82) is 0 Å². The number of hydrogen-bond acceptors (Lipinski definition) is 5. The first-order valence-electron chi connectivity index (χ1n) is 8.19. The monoisotopic (exact) mass is 392 g/mol. The summed E-state index contributed by atoms with van der Waals surface area (Å²) < 4.78 is 25.7. The molecule has 2 aromatic heterocycles. The molecule has 9 heteroatoms. The van der Waals surface area contributed by atoms with E-state index in [4.69, 9.17) is 20.8 Å². The normalized spacial score (nSPS) is 10.8. The van der Waals surface area contributed by atoms with Crippen molar-refractivity contribution in [3.63, 3.8) is 0 Å². The molecule has 0 atom stereocenters. The van der Waals surface area contributed by atoms with Crippen LogP contribution < -0.4 is 4.74 Å². The van der Waals surface area contributed by atoms with Crippen LogP contribution >= 0.6 is 11.6 Å². The first kappa shape index (κ1) is 18.9. The number of aromatic nitrogens is 3. The third-order valence-corrected chi connectivity index (χ3v) is 4.26. The summed E-state index contributed by atoms with van der Waals surface area (Å²) in [4.78, 5) is 22.3. The quantitative estimate of drug-likeness (QED) is 0.616. The zero-order chi connectivity index (χ0) is 19.4. The van der Waals surface area contributed by atoms with Gasteiger partial charge in [-0.05, 0) is 25.1 Å². The van der Waals surface area contributed by atoms with E-state index in [1.165, 1.54) is 18.4 Å². The standard InChI is InChI=1S/C18H18ClFN4O3/c1-12-21-5-6-24(12)8-7-23(2)18(25)15-10-27-17(22-15)11-26-16-4-3-13(20)9-14(16)19/h3-6,9-10H,7-8,11H2,1-2H3. The van der Waals surface area contributed by atoms with Crippen LogP contribution in [0.1, 0.15) is 22.2 Å². The minimum absolute atomic E-state index is 0.0312. The molecular formula is C18H18ClFN4O3. The van der Waals surface area contributed by atoms with Crippen LogP contribution in [0.3, 0.4) is 0 Å². The predicted octanol–water partition coefficient (Wildman–Crippen LogP) is 3.32. The summed E-state index contributed by atoms with van der Waals surface area (Å²) in [5.41, 5.74) is 0.184. The van der Waals surface area contributed by atoms with E-state index in [0.29, 0.717) is 18.8 Å². The van der Waals surface area contributed by atoms with Crippen LogP contribution in [0.25, 0.3) is 0 Å². The van der Waals surface area contributed by atoms with Crippen LogP contribution in [-0.2, 0) is 13.2 Å². The van der Waals surface area contributed by atoms with Gasteiger partial charge in [0.05, 0.1) is 5.02 Å². The number of carbonyl (C=O) groups is 1. The minimum atomic E-state index is -0.453. The van der Waals surface area contributed by atoms with Crippen LogP contribution in [0.15, 0.2) is 41.3 Å². The van der Waals surface area contributed by atoms with Gasteiger partial charge in [0, 0.05) is 32.5 Å². The van der Waals surface area contributed by atoms with Crippen molar-refractivity contribution in [3.8, 4) is 5.75 Å². The molecule has 0 aliphatic carbocycles. The lowest BCUT2D eigenvalue weighted by atomic mass is 10.3. The number of aryl methyl sites for hydroxylation is 1. The Morgan fingerprint density at radius 1 is 1.44 bits per heavy atom. The fourth-order valence-electron chi connectivity index (χ4n) is 2.40. The maximum Gasteiger partial charge on any atom is 0.275 e. The van der Waals surface area contributed by atoms with Gasteiger partial charge in [0.2, 0.25) is 5.89 Å². The number of benzene rings is 1. The van der Waals surface area contributed by atoms with Crippen LogP contribution in [0, 0.1) is 12.7 Å². The SMILES string of the molecule is Cc1nccn1CCN(C)C(=O)c1coc(COc2ccc(F)cc2Cl)n1. The fraction of sp³-hybridized carbons (Fsp3) is 0.278. The molecule has 3 aromatic rings. The fourth-order valence-corrected chi connectivity index (χ4v) is 2.62. The van der Waals surface area contributed by atoms with Crippen molar-refractivity contribution in [2.75, 3.05) is 13.6 Å². The molecule has 0 aliphatic heterocycles. The number of oxazole rings is 1. The number of imidazole rings is 1. The average Bonchev–Trinajstić information content (AvgIpc) is 3.27. The van der Waals surface area contributed by atoms with Crippen molar-refractivity contribution in [2.45, 2.75) is 20.1 Å². The molecule has 1 amide bonds. The second-order valence-corrected chi connectivity index (χ2v) is 6.29. The number of halogens is 2. The van der Waals surface area contributed by atoms with Crippen molar-refractivity contribution >= 4 is 17.5 Å². The van der Waals surface area contributed by atoms with Crippen molar-refractivity contribution in [1.82, 2.24) is 19.4 Å². The van der Waals surface area contributed by atoms with Crippen molar-refractivity contribution < 1.29 is 18.3 Å². The van der Waals surface area contributed by atoms with E-state index in [9.17, 15) is 9.18 Å². The minimum Gasteiger partial charge on any atom is -0.482 e. The van der Waals surface area contributed by atoms with E-state index in [0.717, 1.165) is 11.9 Å². The Morgan fingerprint density at radius 3 is 2.96 bits per heavy atom. The third kappa shape index (κ3) is 4.65. The van der Waals surface area contributed by atoms with Gasteiger partial charge in [0.15, 0.2) is 12.3 Å². The topological polar surface area (TPSA) is 73.4 Å². The Labute approximate surface area is 160 Å². The maximum absolute atomic E-state index is 13.0. The van der Waals surface area contributed by atoms with E-state index in [1.54, 1.807) is 18.1 Å². The molecule has 0 unspecified atom stereocenters. The lowest BCUT2D eigenvalue weighted by molar-refractivity contribution is 0.0784. The van der Waals surface area contributed by atoms with Gasteiger partial charge in [-0.2, -0.15) is 0 Å².